The van der Waals surface area contributed by atoms with Crippen LogP contribution in [0.4, 0.5) is 0 Å². The minimum Gasteiger partial charge on any atom is -0.393 e. The van der Waals surface area contributed by atoms with Crippen molar-refractivity contribution in [2.75, 3.05) is 20.3 Å². The maximum atomic E-state index is 5.80. The SMILES string of the molecule is C=Cc1nccc(CC)c1/C=C\C.C=c1nc([C@H](CC)C(C)CC)nc(C)/c1=C\NC.[B]C1(C)CCOCC1. The van der Waals surface area contributed by atoms with Crippen molar-refractivity contribution in [3.8, 4) is 0 Å². The average molecular weight is 531 g/mol. The predicted octanol–water partition coefficient (Wildman–Crippen LogP) is 6.16. The number of rotatable bonds is 8. The highest BCUT2D eigenvalue weighted by molar-refractivity contribution is 6.14. The minimum absolute atomic E-state index is 0.0538. The van der Waals surface area contributed by atoms with Crippen LogP contribution in [-0.2, 0) is 11.2 Å². The van der Waals surface area contributed by atoms with E-state index in [1.54, 1.807) is 6.08 Å². The van der Waals surface area contributed by atoms with Crippen LogP contribution in [0.5, 0.6) is 0 Å². The molecule has 1 N–H and O–H groups in total. The van der Waals surface area contributed by atoms with Crippen molar-refractivity contribution in [3.63, 3.8) is 0 Å². The van der Waals surface area contributed by atoms with Gasteiger partial charge in [-0.25, -0.2) is 9.97 Å². The van der Waals surface area contributed by atoms with Gasteiger partial charge in [0, 0.05) is 49.4 Å². The van der Waals surface area contributed by atoms with E-state index in [4.69, 9.17) is 12.6 Å². The van der Waals surface area contributed by atoms with E-state index < -0.39 is 0 Å². The van der Waals surface area contributed by atoms with E-state index in [9.17, 15) is 0 Å². The first-order chi connectivity index (χ1) is 18.6. The Labute approximate surface area is 239 Å². The summed E-state index contributed by atoms with van der Waals surface area (Å²) >= 11 is 0. The van der Waals surface area contributed by atoms with Gasteiger partial charge in [-0.2, -0.15) is 0 Å². The summed E-state index contributed by atoms with van der Waals surface area (Å²) in [6.45, 7) is 24.4. The lowest BCUT2D eigenvalue weighted by molar-refractivity contribution is 0.0772. The van der Waals surface area contributed by atoms with Crippen LogP contribution in [0.3, 0.4) is 0 Å². The molecular weight excluding hydrogens is 479 g/mol. The first-order valence-corrected chi connectivity index (χ1v) is 14.4. The van der Waals surface area contributed by atoms with E-state index in [0.29, 0.717) is 11.8 Å². The molecule has 5 nitrogen and oxygen atoms in total. The summed E-state index contributed by atoms with van der Waals surface area (Å²) in [6, 6.07) is 2.06. The summed E-state index contributed by atoms with van der Waals surface area (Å²) in [5.41, 5.74) is 4.49. The highest BCUT2D eigenvalue weighted by Gasteiger charge is 2.20. The molecule has 3 heterocycles. The van der Waals surface area contributed by atoms with Crippen LogP contribution >= 0.6 is 0 Å². The molecule has 2 radical (unpaired) electrons. The molecule has 1 unspecified atom stereocenters. The van der Waals surface area contributed by atoms with Crippen molar-refractivity contribution >= 4 is 32.8 Å². The molecule has 0 aliphatic carbocycles. The topological polar surface area (TPSA) is 59.9 Å². The normalized spacial score (nSPS) is 16.4. The van der Waals surface area contributed by atoms with Crippen LogP contribution < -0.4 is 15.9 Å². The zero-order valence-corrected chi connectivity index (χ0v) is 25.8. The van der Waals surface area contributed by atoms with E-state index in [2.05, 4.69) is 80.2 Å². The van der Waals surface area contributed by atoms with Gasteiger partial charge in [0.15, 0.2) is 0 Å². The van der Waals surface area contributed by atoms with E-state index >= 15 is 0 Å². The number of hydrogen-bond acceptors (Lipinski definition) is 5. The summed E-state index contributed by atoms with van der Waals surface area (Å²) in [5, 5.41) is 4.88. The van der Waals surface area contributed by atoms with Gasteiger partial charge in [0.2, 0.25) is 0 Å². The lowest BCUT2D eigenvalue weighted by Gasteiger charge is -2.29. The molecule has 2 atom stereocenters. The van der Waals surface area contributed by atoms with Gasteiger partial charge < -0.3 is 10.1 Å². The molecule has 0 aromatic carbocycles. The Balaban J connectivity index is 0.000000315. The van der Waals surface area contributed by atoms with Crippen molar-refractivity contribution < 1.29 is 4.74 Å². The molecule has 0 bridgehead atoms. The maximum Gasteiger partial charge on any atom is 0.132 e. The van der Waals surface area contributed by atoms with Crippen molar-refractivity contribution in [2.24, 2.45) is 5.92 Å². The fraction of sp³-hybridized carbons (Fsp3) is 0.545. The number of aryl methyl sites for hydroxylation is 2. The Morgan fingerprint density at radius 3 is 2.28 bits per heavy atom. The highest BCUT2D eigenvalue weighted by Crippen LogP contribution is 2.32. The first kappa shape index (κ1) is 34.3. The van der Waals surface area contributed by atoms with Gasteiger partial charge in [0.1, 0.15) is 5.82 Å². The fourth-order valence-corrected chi connectivity index (χ4v) is 4.49. The van der Waals surface area contributed by atoms with Gasteiger partial charge >= 0.3 is 0 Å². The van der Waals surface area contributed by atoms with Crippen molar-refractivity contribution in [1.29, 1.82) is 0 Å². The average Bonchev–Trinajstić information content (AvgIpc) is 2.92. The molecule has 1 aliphatic heterocycles. The van der Waals surface area contributed by atoms with Gasteiger partial charge in [-0.3, -0.25) is 4.98 Å². The minimum atomic E-state index is 0.0538. The van der Waals surface area contributed by atoms with Crippen LogP contribution in [0.15, 0.2) is 24.9 Å². The van der Waals surface area contributed by atoms with Crippen molar-refractivity contribution in [2.45, 2.75) is 91.8 Å². The number of ether oxygens (including phenoxy) is 1. The summed E-state index contributed by atoms with van der Waals surface area (Å²) in [5.74, 6) is 1.98. The number of hydrogen-bond donors (Lipinski definition) is 1. The molecule has 39 heavy (non-hydrogen) atoms. The molecule has 212 valence electrons. The van der Waals surface area contributed by atoms with Crippen LogP contribution in [0, 0.1) is 12.8 Å². The zero-order valence-electron chi connectivity index (χ0n) is 25.8. The smallest absolute Gasteiger partial charge is 0.132 e. The van der Waals surface area contributed by atoms with E-state index in [1.807, 2.05) is 39.4 Å². The van der Waals surface area contributed by atoms with Crippen LogP contribution in [0.1, 0.15) is 101 Å². The second-order valence-electron chi connectivity index (χ2n) is 10.5. The van der Waals surface area contributed by atoms with Crippen LogP contribution in [0.25, 0.3) is 24.9 Å². The maximum absolute atomic E-state index is 5.80. The van der Waals surface area contributed by atoms with Gasteiger partial charge in [-0.1, -0.05) is 71.7 Å². The molecular formula is C33H51BN4O. The van der Waals surface area contributed by atoms with Gasteiger partial charge in [-0.05, 0) is 63.2 Å². The van der Waals surface area contributed by atoms with E-state index in [0.717, 1.165) is 73.1 Å². The van der Waals surface area contributed by atoms with Crippen LogP contribution in [0.2, 0.25) is 5.31 Å². The number of nitrogens with zero attached hydrogens (tertiary/aromatic N) is 3. The highest BCUT2D eigenvalue weighted by atomic mass is 16.5. The van der Waals surface area contributed by atoms with Gasteiger partial charge in [0.25, 0.3) is 0 Å². The summed E-state index contributed by atoms with van der Waals surface area (Å²) in [4.78, 5) is 13.5. The molecule has 3 rings (SSSR count). The third kappa shape index (κ3) is 11.1. The zero-order chi connectivity index (χ0) is 29.4. The molecule has 0 spiro atoms. The lowest BCUT2D eigenvalue weighted by Crippen LogP contribution is -2.35. The van der Waals surface area contributed by atoms with Crippen molar-refractivity contribution in [3.05, 3.63) is 63.8 Å². The summed E-state index contributed by atoms with van der Waals surface area (Å²) in [7, 11) is 7.67. The molecule has 6 heteroatoms. The molecule has 2 aromatic rings. The monoisotopic (exact) mass is 530 g/mol. The summed E-state index contributed by atoms with van der Waals surface area (Å²) in [6.07, 6.45) is 14.9. The Morgan fingerprint density at radius 2 is 1.85 bits per heavy atom. The quantitative estimate of drug-likeness (QED) is 0.415. The lowest BCUT2D eigenvalue weighted by atomic mass is 9.65. The molecule has 1 fully saturated rings. The second kappa shape index (κ2) is 17.8. The Morgan fingerprint density at radius 1 is 1.18 bits per heavy atom. The second-order valence-corrected chi connectivity index (χ2v) is 10.5. The third-order valence-corrected chi connectivity index (χ3v) is 7.28. The molecule has 0 amide bonds. The molecule has 1 aliphatic rings. The number of nitrogens with one attached hydrogen (secondary N) is 1. The van der Waals surface area contributed by atoms with Crippen molar-refractivity contribution in [1.82, 2.24) is 20.3 Å². The Kier molecular flexibility index (Phi) is 15.6. The largest absolute Gasteiger partial charge is 0.393 e. The molecule has 1 saturated heterocycles. The van der Waals surface area contributed by atoms with E-state index in [1.165, 1.54) is 11.1 Å². The third-order valence-electron chi connectivity index (χ3n) is 7.28. The standard InChI is InChI=1S/C15H25N3.C12H15N.C6H11BO/c1-7-10(3)13(8-2)15-17-11(4)14(9-16-6)12(5)18-15;1-4-7-11-10(5-2)8-9-13-12(11)6-3;1-6(7)2-4-8-5-3-6/h9-10,13,16H,4,7-8H2,1-3,5-6H3;4,6-9H,3,5H2,1-2H3;2-5H2,1H3/b14-9-;7-4-;/t10?,13-;;/m1../s1. The number of pyridine rings is 1. The van der Waals surface area contributed by atoms with E-state index in [-0.39, 0.29) is 5.31 Å². The first-order valence-electron chi connectivity index (χ1n) is 14.4. The number of aromatic nitrogens is 3. The Hall–Kier alpha value is -2.73. The van der Waals surface area contributed by atoms with Gasteiger partial charge in [0.05, 0.1) is 24.6 Å². The number of allylic oxidation sites excluding steroid dienone is 1. The predicted molar refractivity (Wildman–Crippen MR) is 170 cm³/mol. The van der Waals surface area contributed by atoms with Crippen LogP contribution in [-0.4, -0.2) is 43.1 Å². The molecule has 0 saturated carbocycles. The fourth-order valence-electron chi connectivity index (χ4n) is 4.49. The Bertz CT molecular complexity index is 1150. The molecule has 2 aromatic heterocycles. The summed E-state index contributed by atoms with van der Waals surface area (Å²) < 4.78 is 5.13. The van der Waals surface area contributed by atoms with Gasteiger partial charge in [-0.15, -0.1) is 0 Å².